The highest BCUT2D eigenvalue weighted by molar-refractivity contribution is 6.31. The lowest BCUT2D eigenvalue weighted by atomic mass is 9.70. The summed E-state index contributed by atoms with van der Waals surface area (Å²) < 4.78 is 6.84. The number of halogens is 1. The van der Waals surface area contributed by atoms with Crippen LogP contribution < -0.4 is 0 Å². The van der Waals surface area contributed by atoms with E-state index >= 15 is 0 Å². The second-order valence-electron chi connectivity index (χ2n) is 23.6. The first-order valence-electron chi connectivity index (χ1n) is 28.4. The SMILES string of the molecule is CCCCCCCCC1(CCCCCCCC)c2ccccc2-c2ccc(-c3ccc4c(c3)C(C)(C)c3cc(-c5ccc(-c6cc7c(c8c6oc6ccccc68)-c6ccc(Cl)cc6C7(C)C)cc5C)ccc3-4)cc21. The van der Waals surface area contributed by atoms with Crippen molar-refractivity contribution in [3.63, 3.8) is 0 Å². The molecule has 0 N–H and O–H groups in total. The third-order valence-corrected chi connectivity index (χ3v) is 18.5. The fourth-order valence-electron chi connectivity index (χ4n) is 14.2. The summed E-state index contributed by atoms with van der Waals surface area (Å²) in [6.45, 7) is 16.5. The topological polar surface area (TPSA) is 13.1 Å². The summed E-state index contributed by atoms with van der Waals surface area (Å²) in [6.07, 6.45) is 18.4. The van der Waals surface area contributed by atoms with Crippen molar-refractivity contribution in [3.05, 3.63) is 190 Å². The first-order valence-corrected chi connectivity index (χ1v) is 28.8. The number of hydrogen-bond donors (Lipinski definition) is 0. The third kappa shape index (κ3) is 7.93. The minimum absolute atomic E-state index is 0.0654. The van der Waals surface area contributed by atoms with E-state index in [1.807, 2.05) is 6.07 Å². The van der Waals surface area contributed by atoms with Crippen molar-refractivity contribution in [2.24, 2.45) is 0 Å². The molecule has 2 heteroatoms. The molecule has 0 saturated heterocycles. The lowest BCUT2D eigenvalue weighted by Crippen LogP contribution is -2.25. The number of unbranched alkanes of at least 4 members (excludes halogenated alkanes) is 10. The molecule has 1 aromatic heterocycles. The van der Waals surface area contributed by atoms with Crippen molar-refractivity contribution in [1.29, 1.82) is 0 Å². The fourth-order valence-corrected chi connectivity index (χ4v) is 14.4. The Morgan fingerprint density at radius 2 is 0.905 bits per heavy atom. The largest absolute Gasteiger partial charge is 0.455 e. The van der Waals surface area contributed by atoms with Gasteiger partial charge in [0.2, 0.25) is 0 Å². The molecule has 3 aliphatic carbocycles. The number of para-hydroxylation sites is 1. The van der Waals surface area contributed by atoms with Crippen molar-refractivity contribution >= 4 is 33.5 Å². The van der Waals surface area contributed by atoms with Crippen molar-refractivity contribution in [2.75, 3.05) is 0 Å². The molecule has 0 bridgehead atoms. The van der Waals surface area contributed by atoms with E-state index in [1.54, 1.807) is 11.1 Å². The average Bonchev–Trinajstić information content (AvgIpc) is 4.07. The molecule has 0 aliphatic heterocycles. The molecule has 0 unspecified atom stereocenters. The Bertz CT molecular complexity index is 3610. The van der Waals surface area contributed by atoms with E-state index in [0.717, 1.165) is 27.1 Å². The van der Waals surface area contributed by atoms with E-state index in [9.17, 15) is 0 Å². The van der Waals surface area contributed by atoms with Gasteiger partial charge in [-0.3, -0.25) is 0 Å². The highest BCUT2D eigenvalue weighted by atomic mass is 35.5. The number of rotatable bonds is 17. The monoisotopic (exact) mass is 989 g/mol. The lowest BCUT2D eigenvalue weighted by Gasteiger charge is -2.33. The maximum absolute atomic E-state index is 6.84. The van der Waals surface area contributed by atoms with Crippen LogP contribution in [0.5, 0.6) is 0 Å². The molecule has 0 atom stereocenters. The van der Waals surface area contributed by atoms with Crippen LogP contribution in [-0.4, -0.2) is 0 Å². The molecule has 0 saturated carbocycles. The van der Waals surface area contributed by atoms with Crippen LogP contribution in [0.25, 0.3) is 88.7 Å². The molecule has 1 nitrogen and oxygen atoms in total. The quantitative estimate of drug-likeness (QED) is 0.0829. The fraction of sp³-hybridized carbons (Fsp3) is 0.333. The molecular formula is C72H73ClO. The zero-order chi connectivity index (χ0) is 50.9. The summed E-state index contributed by atoms with van der Waals surface area (Å²) in [5, 5.41) is 3.11. The van der Waals surface area contributed by atoms with Crippen LogP contribution in [0.2, 0.25) is 5.02 Å². The number of hydrogen-bond acceptors (Lipinski definition) is 1. The number of fused-ring (bicyclic) bond motifs is 13. The molecule has 0 spiro atoms. The average molecular weight is 990 g/mol. The van der Waals surface area contributed by atoms with Gasteiger partial charge in [-0.15, -0.1) is 0 Å². The van der Waals surface area contributed by atoms with Crippen molar-refractivity contribution in [2.45, 2.75) is 155 Å². The van der Waals surface area contributed by atoms with Crippen LogP contribution >= 0.6 is 11.6 Å². The number of furan rings is 1. The smallest absolute Gasteiger partial charge is 0.143 e. The zero-order valence-corrected chi connectivity index (χ0v) is 45.8. The van der Waals surface area contributed by atoms with Gasteiger partial charge >= 0.3 is 0 Å². The van der Waals surface area contributed by atoms with E-state index < -0.39 is 0 Å². The molecule has 3 aliphatic rings. The van der Waals surface area contributed by atoms with Crippen molar-refractivity contribution in [3.8, 4) is 66.8 Å². The summed E-state index contributed by atoms with van der Waals surface area (Å²) in [5.74, 6) is 0. The van der Waals surface area contributed by atoms with Gasteiger partial charge in [-0.1, -0.05) is 233 Å². The Morgan fingerprint density at radius 3 is 1.58 bits per heavy atom. The van der Waals surface area contributed by atoms with Crippen molar-refractivity contribution in [1.82, 2.24) is 0 Å². The van der Waals surface area contributed by atoms with Crippen molar-refractivity contribution < 1.29 is 4.42 Å². The van der Waals surface area contributed by atoms with Crippen LogP contribution in [0.1, 0.15) is 170 Å². The van der Waals surface area contributed by atoms with Crippen LogP contribution in [0.15, 0.2) is 150 Å². The normalized spacial score (nSPS) is 15.0. The minimum Gasteiger partial charge on any atom is -0.455 e. The molecule has 0 amide bonds. The molecule has 0 radical (unpaired) electrons. The number of aryl methyl sites for hydroxylation is 1. The summed E-state index contributed by atoms with van der Waals surface area (Å²) in [7, 11) is 0. The second-order valence-corrected chi connectivity index (χ2v) is 24.0. The maximum Gasteiger partial charge on any atom is 0.143 e. The zero-order valence-electron chi connectivity index (χ0n) is 45.0. The van der Waals surface area contributed by atoms with Gasteiger partial charge < -0.3 is 4.42 Å². The molecular weight excluding hydrogens is 916 g/mol. The molecule has 74 heavy (non-hydrogen) atoms. The highest BCUT2D eigenvalue weighted by Gasteiger charge is 2.43. The second kappa shape index (κ2) is 19.2. The predicted octanol–water partition coefficient (Wildman–Crippen LogP) is 21.9. The molecule has 12 rings (SSSR count). The van der Waals surface area contributed by atoms with Crippen LogP contribution in [-0.2, 0) is 16.2 Å². The molecule has 9 aromatic rings. The third-order valence-electron chi connectivity index (χ3n) is 18.3. The summed E-state index contributed by atoms with van der Waals surface area (Å²) in [4.78, 5) is 0. The molecule has 8 aromatic carbocycles. The van der Waals surface area contributed by atoms with Crippen LogP contribution in [0.3, 0.4) is 0 Å². The molecule has 1 heterocycles. The Labute approximate surface area is 446 Å². The van der Waals surface area contributed by atoms with Gasteiger partial charge in [-0.25, -0.2) is 0 Å². The van der Waals surface area contributed by atoms with E-state index in [1.165, 1.54) is 184 Å². The summed E-state index contributed by atoms with van der Waals surface area (Å²) in [5.41, 5.74) is 27.0. The van der Waals surface area contributed by atoms with Crippen LogP contribution in [0.4, 0.5) is 0 Å². The molecule has 374 valence electrons. The first-order chi connectivity index (χ1) is 35.9. The van der Waals surface area contributed by atoms with Gasteiger partial charge in [-0.05, 0) is 162 Å². The Balaban J connectivity index is 0.870. The van der Waals surface area contributed by atoms with E-state index in [0.29, 0.717) is 0 Å². The van der Waals surface area contributed by atoms with E-state index in [-0.39, 0.29) is 16.2 Å². The predicted molar refractivity (Wildman–Crippen MR) is 317 cm³/mol. The van der Waals surface area contributed by atoms with Gasteiger partial charge in [-0.2, -0.15) is 0 Å². The van der Waals surface area contributed by atoms with Gasteiger partial charge in [0.1, 0.15) is 11.2 Å². The standard InChI is InChI=1S/C72H73ClO/c1-8-10-12-14-16-22-38-72(39-23-17-15-13-11-9-2)60-26-20-18-24-53(60)56-35-29-48(42-64(56)72)47-28-34-54-55-36-31-50(43-62(55)70(4,5)61(54)41-47)52-33-30-49(40-46(52)3)59-45-65-67(57-37-32-51(73)44-63(57)71(65,6)7)68-58-25-19-21-27-66(58)74-69(59)68/h18-21,24-37,40-45H,8-17,22-23,38-39H2,1-7H3. The van der Waals surface area contributed by atoms with E-state index in [2.05, 4.69) is 188 Å². The minimum atomic E-state index is -0.221. The van der Waals surface area contributed by atoms with Gasteiger partial charge in [0.05, 0.1) is 0 Å². The first kappa shape index (κ1) is 48.8. The van der Waals surface area contributed by atoms with E-state index in [4.69, 9.17) is 16.0 Å². The van der Waals surface area contributed by atoms with Gasteiger partial charge in [0, 0.05) is 37.6 Å². The lowest BCUT2D eigenvalue weighted by molar-refractivity contribution is 0.398. The number of benzene rings is 8. The molecule has 0 fully saturated rings. The Hall–Kier alpha value is -6.15. The summed E-state index contributed by atoms with van der Waals surface area (Å²) in [6, 6.07) is 55.9. The Kier molecular flexibility index (Phi) is 12.7. The Morgan fingerprint density at radius 1 is 0.405 bits per heavy atom. The highest BCUT2D eigenvalue weighted by Crippen LogP contribution is 2.58. The van der Waals surface area contributed by atoms with Crippen LogP contribution in [0, 0.1) is 6.92 Å². The maximum atomic E-state index is 6.84. The van der Waals surface area contributed by atoms with Gasteiger partial charge in [0.15, 0.2) is 0 Å². The van der Waals surface area contributed by atoms with Gasteiger partial charge in [0.25, 0.3) is 0 Å². The summed E-state index contributed by atoms with van der Waals surface area (Å²) >= 11 is 6.66.